The molecule has 2 aromatic heterocycles. The molecule has 0 spiro atoms. The number of nitrogens with one attached hydrogen (secondary N) is 1. The van der Waals surface area contributed by atoms with Crippen molar-refractivity contribution in [3.63, 3.8) is 0 Å². The van der Waals surface area contributed by atoms with Gasteiger partial charge in [-0.1, -0.05) is 11.8 Å². The lowest BCUT2D eigenvalue weighted by atomic mass is 10.1. The molecule has 0 bridgehead atoms. The molecule has 0 aliphatic heterocycles. The normalized spacial score (nSPS) is 12.0. The second-order valence-corrected chi connectivity index (χ2v) is 6.40. The first-order valence-electron chi connectivity index (χ1n) is 7.52. The third kappa shape index (κ3) is 3.77. The summed E-state index contributed by atoms with van der Waals surface area (Å²) in [5, 5.41) is 16.9. The molecule has 2 rings (SSSR count). The van der Waals surface area contributed by atoms with Crippen molar-refractivity contribution in [1.29, 1.82) is 0 Å². The number of hydrogen-bond donors (Lipinski definition) is 2. The van der Waals surface area contributed by atoms with Crippen LogP contribution in [0.3, 0.4) is 0 Å². The Balaban J connectivity index is 2.02. The molecule has 0 aliphatic carbocycles. The average molecular weight is 317 g/mol. The van der Waals surface area contributed by atoms with Crippen molar-refractivity contribution in [3.8, 4) is 11.8 Å². The maximum atomic E-state index is 8.72. The highest BCUT2D eigenvalue weighted by Gasteiger charge is 2.16. The van der Waals surface area contributed by atoms with E-state index in [1.54, 1.807) is 11.3 Å². The van der Waals surface area contributed by atoms with E-state index < -0.39 is 0 Å². The van der Waals surface area contributed by atoms with Gasteiger partial charge in [0.2, 0.25) is 0 Å². The molecule has 2 N–H and O–H groups in total. The molecule has 0 aliphatic rings. The molecule has 0 amide bonds. The van der Waals surface area contributed by atoms with E-state index in [1.165, 1.54) is 16.1 Å². The molecule has 1 atom stereocenters. The fourth-order valence-electron chi connectivity index (χ4n) is 2.67. The number of hydrogen-bond acceptors (Lipinski definition) is 4. The van der Waals surface area contributed by atoms with Crippen LogP contribution in [0.1, 0.15) is 46.6 Å². The fourth-order valence-corrected chi connectivity index (χ4v) is 3.50. The molecular weight excluding hydrogens is 294 g/mol. The number of thiophene rings is 1. The van der Waals surface area contributed by atoms with E-state index >= 15 is 0 Å². The molecule has 0 fully saturated rings. The second-order valence-electron chi connectivity index (χ2n) is 5.23. The summed E-state index contributed by atoms with van der Waals surface area (Å²) in [7, 11) is 0. The van der Waals surface area contributed by atoms with E-state index in [1.807, 2.05) is 6.07 Å². The van der Waals surface area contributed by atoms with Gasteiger partial charge in [0.15, 0.2) is 0 Å². The number of nitrogens with zero attached hydrogens (tertiary/aromatic N) is 2. The van der Waals surface area contributed by atoms with Crippen LogP contribution in [-0.4, -0.2) is 21.5 Å². The van der Waals surface area contributed by atoms with Crippen molar-refractivity contribution in [2.24, 2.45) is 0 Å². The van der Waals surface area contributed by atoms with E-state index in [0.717, 1.165) is 23.7 Å². The van der Waals surface area contributed by atoms with Gasteiger partial charge in [-0.25, -0.2) is 0 Å². The Morgan fingerprint density at radius 1 is 1.41 bits per heavy atom. The Morgan fingerprint density at radius 2 is 2.18 bits per heavy atom. The molecule has 4 nitrogen and oxygen atoms in total. The van der Waals surface area contributed by atoms with Crippen LogP contribution in [0, 0.1) is 25.7 Å². The highest BCUT2D eigenvalue weighted by Crippen LogP contribution is 2.23. The summed E-state index contributed by atoms with van der Waals surface area (Å²) < 4.78 is 2.05. The van der Waals surface area contributed by atoms with Crippen molar-refractivity contribution in [3.05, 3.63) is 38.8 Å². The number of rotatable bonds is 5. The molecule has 0 radical (unpaired) electrons. The van der Waals surface area contributed by atoms with Gasteiger partial charge in [0.1, 0.15) is 6.61 Å². The highest BCUT2D eigenvalue weighted by molar-refractivity contribution is 7.12. The zero-order valence-electron chi connectivity index (χ0n) is 13.6. The summed E-state index contributed by atoms with van der Waals surface area (Å²) in [6.45, 7) is 10.1. The standard InChI is InChI=1S/C17H23N3OS/c1-5-20-14(4)17(13(3)19-20)12(2)18-11-16-9-8-15(22-16)7-6-10-21/h8-9,12,18,21H,5,10-11H2,1-4H3. The van der Waals surface area contributed by atoms with Crippen LogP contribution in [0.15, 0.2) is 12.1 Å². The Labute approximate surface area is 136 Å². The molecule has 22 heavy (non-hydrogen) atoms. The van der Waals surface area contributed by atoms with Crippen molar-refractivity contribution >= 4 is 11.3 Å². The van der Waals surface area contributed by atoms with Crippen LogP contribution in [0.2, 0.25) is 0 Å². The van der Waals surface area contributed by atoms with E-state index in [9.17, 15) is 0 Å². The van der Waals surface area contributed by atoms with Gasteiger partial charge in [-0.3, -0.25) is 4.68 Å². The van der Waals surface area contributed by atoms with Crippen molar-refractivity contribution in [2.45, 2.75) is 46.8 Å². The van der Waals surface area contributed by atoms with Crippen LogP contribution in [0.4, 0.5) is 0 Å². The molecule has 0 aromatic carbocycles. The predicted molar refractivity (Wildman–Crippen MR) is 90.9 cm³/mol. The molecule has 2 heterocycles. The lowest BCUT2D eigenvalue weighted by Crippen LogP contribution is -2.18. The quantitative estimate of drug-likeness (QED) is 0.834. The Bertz CT molecular complexity index is 691. The van der Waals surface area contributed by atoms with E-state index in [2.05, 4.69) is 60.7 Å². The minimum absolute atomic E-state index is 0.0948. The van der Waals surface area contributed by atoms with Gasteiger partial charge in [0, 0.05) is 35.3 Å². The minimum atomic E-state index is -0.0948. The van der Waals surface area contributed by atoms with Crippen LogP contribution >= 0.6 is 11.3 Å². The van der Waals surface area contributed by atoms with Crippen LogP contribution in [0.5, 0.6) is 0 Å². The van der Waals surface area contributed by atoms with Crippen molar-refractivity contribution in [1.82, 2.24) is 15.1 Å². The monoisotopic (exact) mass is 317 g/mol. The van der Waals surface area contributed by atoms with E-state index in [-0.39, 0.29) is 12.6 Å². The topological polar surface area (TPSA) is 50.1 Å². The molecule has 0 saturated carbocycles. The summed E-state index contributed by atoms with van der Waals surface area (Å²) in [6, 6.07) is 4.34. The summed E-state index contributed by atoms with van der Waals surface area (Å²) in [5.74, 6) is 5.62. The Hall–Kier alpha value is -1.61. The SMILES string of the molecule is CCn1nc(C)c(C(C)NCc2ccc(C#CCO)s2)c1C. The van der Waals surface area contributed by atoms with Gasteiger partial charge in [-0.05, 0) is 39.8 Å². The molecule has 2 aromatic rings. The van der Waals surface area contributed by atoms with Gasteiger partial charge in [0.25, 0.3) is 0 Å². The number of aromatic nitrogens is 2. The average Bonchev–Trinajstić information content (AvgIpc) is 3.07. The lowest BCUT2D eigenvalue weighted by molar-refractivity contribution is 0.350. The first-order valence-corrected chi connectivity index (χ1v) is 8.34. The Kier molecular flexibility index (Phi) is 5.78. The summed E-state index contributed by atoms with van der Waals surface area (Å²) in [5.41, 5.74) is 3.62. The summed E-state index contributed by atoms with van der Waals surface area (Å²) in [4.78, 5) is 2.23. The first kappa shape index (κ1) is 16.8. The van der Waals surface area contributed by atoms with Crippen LogP contribution in [-0.2, 0) is 13.1 Å². The number of aliphatic hydroxyl groups is 1. The second kappa shape index (κ2) is 7.59. The van der Waals surface area contributed by atoms with Crippen LogP contribution < -0.4 is 5.32 Å². The largest absolute Gasteiger partial charge is 0.384 e. The fraction of sp³-hybridized carbons (Fsp3) is 0.471. The predicted octanol–water partition coefficient (Wildman–Crippen LogP) is 2.78. The molecule has 1 unspecified atom stereocenters. The zero-order chi connectivity index (χ0) is 16.1. The number of aliphatic hydroxyl groups excluding tert-OH is 1. The van der Waals surface area contributed by atoms with E-state index in [0.29, 0.717) is 0 Å². The van der Waals surface area contributed by atoms with Crippen molar-refractivity contribution < 1.29 is 5.11 Å². The van der Waals surface area contributed by atoms with Gasteiger partial charge in [-0.15, -0.1) is 11.3 Å². The van der Waals surface area contributed by atoms with Crippen LogP contribution in [0.25, 0.3) is 0 Å². The zero-order valence-corrected chi connectivity index (χ0v) is 14.4. The van der Waals surface area contributed by atoms with Gasteiger partial charge >= 0.3 is 0 Å². The van der Waals surface area contributed by atoms with Gasteiger partial charge in [0.05, 0.1) is 10.6 Å². The highest BCUT2D eigenvalue weighted by atomic mass is 32.1. The summed E-state index contributed by atoms with van der Waals surface area (Å²) >= 11 is 1.66. The first-order chi connectivity index (χ1) is 10.6. The molecule has 118 valence electrons. The molecule has 5 heteroatoms. The maximum absolute atomic E-state index is 8.72. The maximum Gasteiger partial charge on any atom is 0.104 e. The lowest BCUT2D eigenvalue weighted by Gasteiger charge is -2.14. The molecule has 0 saturated heterocycles. The number of aryl methyl sites for hydroxylation is 2. The molecular formula is C17H23N3OS. The van der Waals surface area contributed by atoms with Gasteiger partial charge in [-0.2, -0.15) is 5.10 Å². The third-order valence-corrected chi connectivity index (χ3v) is 4.71. The minimum Gasteiger partial charge on any atom is -0.384 e. The summed E-state index contributed by atoms with van der Waals surface area (Å²) in [6.07, 6.45) is 0. The Morgan fingerprint density at radius 3 is 2.82 bits per heavy atom. The smallest absolute Gasteiger partial charge is 0.104 e. The van der Waals surface area contributed by atoms with Gasteiger partial charge < -0.3 is 10.4 Å². The third-order valence-electron chi connectivity index (χ3n) is 3.70. The van der Waals surface area contributed by atoms with Crippen molar-refractivity contribution in [2.75, 3.05) is 6.61 Å². The van der Waals surface area contributed by atoms with E-state index in [4.69, 9.17) is 5.11 Å².